The maximum Gasteiger partial charge on any atom is 0.0337 e. The van der Waals surface area contributed by atoms with Crippen molar-refractivity contribution >= 4 is 5.57 Å². The van der Waals surface area contributed by atoms with Crippen LogP contribution in [0, 0.1) is 5.92 Å². The molecule has 0 spiro atoms. The molecule has 0 amide bonds. The van der Waals surface area contributed by atoms with E-state index in [4.69, 9.17) is 0 Å². The second-order valence-corrected chi connectivity index (χ2v) is 3.53. The topological polar surface area (TPSA) is 12.0 Å². The van der Waals surface area contributed by atoms with E-state index in [1.54, 1.807) is 5.57 Å². The van der Waals surface area contributed by atoms with Gasteiger partial charge in [0.2, 0.25) is 0 Å². The minimum atomic E-state index is 0.695. The highest BCUT2D eigenvalue weighted by Crippen LogP contribution is 2.40. The van der Waals surface area contributed by atoms with Gasteiger partial charge in [-0.25, -0.2) is 0 Å². The molecule has 2 unspecified atom stereocenters. The zero-order chi connectivity index (χ0) is 7.97. The second kappa shape index (κ2) is 2.20. The van der Waals surface area contributed by atoms with Gasteiger partial charge in [0.1, 0.15) is 0 Å². The van der Waals surface area contributed by atoms with Gasteiger partial charge in [0.25, 0.3) is 0 Å². The Morgan fingerprint density at radius 2 is 2.00 bits per heavy atom. The molecule has 0 radical (unpaired) electrons. The number of nitrogens with one attached hydrogen (secondary N) is 1. The lowest BCUT2D eigenvalue weighted by Gasteiger charge is -2.46. The quantitative estimate of drug-likeness (QED) is 0.654. The van der Waals surface area contributed by atoms with Crippen LogP contribution in [0.15, 0.2) is 36.4 Å². The monoisotopic (exact) mass is 157 g/mol. The van der Waals surface area contributed by atoms with E-state index in [2.05, 4.69) is 41.7 Å². The molecule has 1 nitrogen and oxygen atoms in total. The summed E-state index contributed by atoms with van der Waals surface area (Å²) in [5.41, 5.74) is 2.94. The number of hydrogen-bond donors (Lipinski definition) is 1. The van der Waals surface area contributed by atoms with E-state index in [-0.39, 0.29) is 0 Å². The van der Waals surface area contributed by atoms with E-state index < -0.39 is 0 Å². The molecule has 1 aliphatic heterocycles. The van der Waals surface area contributed by atoms with Crippen LogP contribution in [0.25, 0.3) is 5.57 Å². The van der Waals surface area contributed by atoms with Gasteiger partial charge >= 0.3 is 0 Å². The number of rotatable bonds is 1. The van der Waals surface area contributed by atoms with Gasteiger partial charge in [0.15, 0.2) is 0 Å². The molecule has 1 aliphatic carbocycles. The van der Waals surface area contributed by atoms with Gasteiger partial charge < -0.3 is 5.32 Å². The third kappa shape index (κ3) is 0.718. The lowest BCUT2D eigenvalue weighted by molar-refractivity contribution is 0.318. The Balaban J connectivity index is 1.96. The van der Waals surface area contributed by atoms with Gasteiger partial charge in [-0.3, -0.25) is 0 Å². The van der Waals surface area contributed by atoms with Crippen molar-refractivity contribution in [3.05, 3.63) is 42.0 Å². The van der Waals surface area contributed by atoms with Crippen LogP contribution in [0.5, 0.6) is 0 Å². The first-order valence-corrected chi connectivity index (χ1v) is 4.46. The van der Waals surface area contributed by atoms with E-state index >= 15 is 0 Å². The first kappa shape index (κ1) is 6.44. The molecule has 1 aromatic rings. The Hall–Kier alpha value is -1.08. The van der Waals surface area contributed by atoms with Crippen molar-refractivity contribution < 1.29 is 0 Å². The summed E-state index contributed by atoms with van der Waals surface area (Å²) in [5.74, 6) is 0.812. The highest BCUT2D eigenvalue weighted by Gasteiger charge is 2.39. The maximum absolute atomic E-state index is 3.37. The molecule has 0 aromatic heterocycles. The van der Waals surface area contributed by atoms with Crippen molar-refractivity contribution in [3.63, 3.8) is 0 Å². The van der Waals surface area contributed by atoms with E-state index in [9.17, 15) is 0 Å². The molecule has 12 heavy (non-hydrogen) atoms. The summed E-state index contributed by atoms with van der Waals surface area (Å²) in [5, 5.41) is 3.37. The molecule has 1 aromatic carbocycles. The summed E-state index contributed by atoms with van der Waals surface area (Å²) in [4.78, 5) is 0. The maximum atomic E-state index is 3.37. The lowest BCUT2D eigenvalue weighted by atomic mass is 9.71. The highest BCUT2D eigenvalue weighted by atomic mass is 15.0. The molecule has 0 bridgehead atoms. The van der Waals surface area contributed by atoms with Crippen molar-refractivity contribution in [3.8, 4) is 0 Å². The smallest absolute Gasteiger partial charge is 0.0337 e. The van der Waals surface area contributed by atoms with Crippen LogP contribution in [0.2, 0.25) is 0 Å². The number of hydrogen-bond acceptors (Lipinski definition) is 1. The van der Waals surface area contributed by atoms with Crippen LogP contribution >= 0.6 is 0 Å². The third-order valence-corrected chi connectivity index (χ3v) is 2.87. The van der Waals surface area contributed by atoms with E-state index in [0.717, 1.165) is 5.92 Å². The summed E-state index contributed by atoms with van der Waals surface area (Å²) in [6, 6.07) is 11.4. The molecule has 1 heterocycles. The van der Waals surface area contributed by atoms with Crippen molar-refractivity contribution in [2.75, 3.05) is 6.54 Å². The van der Waals surface area contributed by atoms with Crippen LogP contribution < -0.4 is 5.32 Å². The summed E-state index contributed by atoms with van der Waals surface area (Å²) >= 11 is 0. The molecule has 1 saturated heterocycles. The number of fused-ring (bicyclic) bond motifs is 1. The van der Waals surface area contributed by atoms with E-state index in [1.807, 2.05) is 0 Å². The average molecular weight is 157 g/mol. The fraction of sp³-hybridized carbons (Fsp3) is 0.273. The molecule has 0 saturated carbocycles. The molecule has 3 rings (SSSR count). The summed E-state index contributed by atoms with van der Waals surface area (Å²) in [6.45, 7) is 1.17. The van der Waals surface area contributed by atoms with Crippen molar-refractivity contribution in [2.24, 2.45) is 5.92 Å². The zero-order valence-corrected chi connectivity index (χ0v) is 6.83. The van der Waals surface area contributed by atoms with Crippen LogP contribution in [0.1, 0.15) is 5.56 Å². The van der Waals surface area contributed by atoms with Crippen LogP contribution in [-0.2, 0) is 0 Å². The van der Waals surface area contributed by atoms with Gasteiger partial charge in [-0.05, 0) is 11.1 Å². The highest BCUT2D eigenvalue weighted by molar-refractivity contribution is 5.76. The Morgan fingerprint density at radius 1 is 1.17 bits per heavy atom. The van der Waals surface area contributed by atoms with Gasteiger partial charge in [-0.15, -0.1) is 0 Å². The molecule has 1 N–H and O–H groups in total. The minimum Gasteiger partial charge on any atom is -0.309 e. The largest absolute Gasteiger partial charge is 0.309 e. The van der Waals surface area contributed by atoms with Crippen LogP contribution in [-0.4, -0.2) is 12.6 Å². The van der Waals surface area contributed by atoms with E-state index in [1.165, 1.54) is 12.1 Å². The first-order valence-electron chi connectivity index (χ1n) is 4.46. The molecular formula is C11H11N. The van der Waals surface area contributed by atoms with Gasteiger partial charge in [-0.2, -0.15) is 0 Å². The molecule has 1 heteroatoms. The molecule has 1 fully saturated rings. The van der Waals surface area contributed by atoms with Crippen LogP contribution in [0.3, 0.4) is 0 Å². The van der Waals surface area contributed by atoms with Crippen LogP contribution in [0.4, 0.5) is 0 Å². The Morgan fingerprint density at radius 3 is 2.50 bits per heavy atom. The van der Waals surface area contributed by atoms with Gasteiger partial charge in [0, 0.05) is 18.5 Å². The SMILES string of the molecule is C1=C(c2ccccc2)C2CNC12. The standard InChI is InChI=1S/C11H11N/c1-2-4-8(5-3-1)9-6-11-10(9)7-12-11/h1-6,10-12H,7H2. The summed E-state index contributed by atoms with van der Waals surface area (Å²) < 4.78 is 0. The van der Waals surface area contributed by atoms with E-state index in [0.29, 0.717) is 6.04 Å². The molecular weight excluding hydrogens is 146 g/mol. The fourth-order valence-electron chi connectivity index (χ4n) is 1.99. The zero-order valence-electron chi connectivity index (χ0n) is 6.83. The second-order valence-electron chi connectivity index (χ2n) is 3.53. The Kier molecular flexibility index (Phi) is 1.18. The fourth-order valence-corrected chi connectivity index (χ4v) is 1.99. The number of benzene rings is 1. The summed E-state index contributed by atoms with van der Waals surface area (Å²) in [7, 11) is 0. The predicted octanol–water partition coefficient (Wildman–Crippen LogP) is 1.67. The van der Waals surface area contributed by atoms with Crippen molar-refractivity contribution in [1.29, 1.82) is 0 Å². The van der Waals surface area contributed by atoms with Gasteiger partial charge in [0.05, 0.1) is 0 Å². The summed E-state index contributed by atoms with van der Waals surface area (Å²) in [6.07, 6.45) is 2.34. The third-order valence-electron chi connectivity index (χ3n) is 2.87. The molecule has 2 atom stereocenters. The Bertz CT molecular complexity index is 326. The average Bonchev–Trinajstić information content (AvgIpc) is 2.11. The molecule has 2 aliphatic rings. The van der Waals surface area contributed by atoms with Crippen molar-refractivity contribution in [1.82, 2.24) is 5.32 Å². The lowest BCUT2D eigenvalue weighted by Crippen LogP contribution is -2.57. The Labute approximate surface area is 72.1 Å². The minimum absolute atomic E-state index is 0.695. The predicted molar refractivity (Wildman–Crippen MR) is 49.7 cm³/mol. The normalized spacial score (nSPS) is 31.2. The van der Waals surface area contributed by atoms with Crippen molar-refractivity contribution in [2.45, 2.75) is 6.04 Å². The van der Waals surface area contributed by atoms with Gasteiger partial charge in [-0.1, -0.05) is 36.4 Å². The molecule has 60 valence electrons. The first-order chi connectivity index (χ1) is 5.95.